The van der Waals surface area contributed by atoms with E-state index in [1.54, 1.807) is 24.3 Å². The highest BCUT2D eigenvalue weighted by atomic mass is 32.2. The molecule has 1 saturated heterocycles. The summed E-state index contributed by atoms with van der Waals surface area (Å²) < 4.78 is 22.8. The first-order valence-corrected chi connectivity index (χ1v) is 12.5. The number of primary sulfonamides is 1. The summed E-state index contributed by atoms with van der Waals surface area (Å²) >= 11 is 0. The van der Waals surface area contributed by atoms with E-state index in [0.717, 1.165) is 25.8 Å². The van der Waals surface area contributed by atoms with Crippen LogP contribution in [0.2, 0.25) is 0 Å². The molecule has 0 radical (unpaired) electrons. The minimum Gasteiger partial charge on any atom is -0.465 e. The lowest BCUT2D eigenvalue weighted by atomic mass is 9.99. The largest absolute Gasteiger partial charge is 0.465 e. The Morgan fingerprint density at radius 2 is 2.06 bits per heavy atom. The fourth-order valence-corrected chi connectivity index (χ4v) is 4.53. The molecule has 1 atom stereocenters. The first-order valence-electron chi connectivity index (χ1n) is 10.7. The van der Waals surface area contributed by atoms with Gasteiger partial charge in [-0.3, -0.25) is 0 Å². The monoisotopic (exact) mass is 477 g/mol. The number of sulfonamides is 1. The lowest BCUT2D eigenvalue weighted by Crippen LogP contribution is -2.54. The number of nitrogens with zero attached hydrogens (tertiary/aromatic N) is 5. The van der Waals surface area contributed by atoms with Gasteiger partial charge in [0, 0.05) is 30.4 Å². The van der Waals surface area contributed by atoms with Gasteiger partial charge < -0.3 is 20.2 Å². The van der Waals surface area contributed by atoms with Crippen LogP contribution in [-0.2, 0) is 15.8 Å². The molecule has 3 rings (SSSR count). The lowest BCUT2D eigenvalue weighted by Gasteiger charge is -2.41. The van der Waals surface area contributed by atoms with Crippen molar-refractivity contribution in [3.63, 3.8) is 0 Å². The number of nitrogens with one attached hydrogen (secondary N) is 1. The Morgan fingerprint density at radius 3 is 2.73 bits per heavy atom. The van der Waals surface area contributed by atoms with Gasteiger partial charge in [0.05, 0.1) is 5.75 Å². The van der Waals surface area contributed by atoms with Crippen molar-refractivity contribution in [2.75, 3.05) is 23.3 Å². The standard InChI is InChI=1S/C21H31N7O4S/c1-21(2,3)28(20(29)30)12-17-9-4-5-10-27(17)19-24-14-23-18(26-19)25-16-8-6-7-15(11-16)13-33(22,31)32/h6-8,11,14,17H,4-5,9-10,12-13H2,1-3H3,(H,29,30)(H2,22,31,32)(H,23,24,25,26). The van der Waals surface area contributed by atoms with Crippen LogP contribution in [0.25, 0.3) is 0 Å². The maximum absolute atomic E-state index is 11.8. The Morgan fingerprint density at radius 1 is 1.30 bits per heavy atom. The number of hydrogen-bond donors (Lipinski definition) is 3. The van der Waals surface area contributed by atoms with Crippen LogP contribution in [0.15, 0.2) is 30.6 Å². The zero-order chi connectivity index (χ0) is 24.2. The number of piperidine rings is 1. The number of nitrogens with two attached hydrogens (primary N) is 1. The molecular formula is C21H31N7O4S. The first-order chi connectivity index (χ1) is 15.4. The second kappa shape index (κ2) is 9.87. The highest BCUT2D eigenvalue weighted by Gasteiger charge is 2.33. The molecule has 0 aliphatic carbocycles. The van der Waals surface area contributed by atoms with E-state index in [0.29, 0.717) is 29.7 Å². The van der Waals surface area contributed by atoms with Crippen LogP contribution in [0.3, 0.4) is 0 Å². The molecule has 11 nitrogen and oxygen atoms in total. The van der Waals surface area contributed by atoms with Crippen LogP contribution < -0.4 is 15.4 Å². The SMILES string of the molecule is CC(C)(C)N(CC1CCCCN1c1ncnc(Nc2cccc(CS(N)(=O)=O)c2)n1)C(=O)O. The summed E-state index contributed by atoms with van der Waals surface area (Å²) in [5, 5.41) is 17.9. The van der Waals surface area contributed by atoms with Crippen molar-refractivity contribution in [1.82, 2.24) is 19.9 Å². The molecule has 33 heavy (non-hydrogen) atoms. The molecule has 1 unspecified atom stereocenters. The van der Waals surface area contributed by atoms with Crippen molar-refractivity contribution < 1.29 is 18.3 Å². The van der Waals surface area contributed by atoms with Gasteiger partial charge in [0.2, 0.25) is 21.9 Å². The fraction of sp³-hybridized carbons (Fsp3) is 0.524. The van der Waals surface area contributed by atoms with E-state index in [2.05, 4.69) is 20.3 Å². The topological polar surface area (TPSA) is 155 Å². The Hall–Kier alpha value is -2.99. The van der Waals surface area contributed by atoms with Crippen LogP contribution in [0.4, 0.5) is 22.4 Å². The van der Waals surface area contributed by atoms with Crippen LogP contribution in [0, 0.1) is 0 Å². The maximum atomic E-state index is 11.8. The Balaban J connectivity index is 1.80. The van der Waals surface area contributed by atoms with E-state index in [4.69, 9.17) is 5.14 Å². The average Bonchev–Trinajstić information content (AvgIpc) is 2.70. The van der Waals surface area contributed by atoms with Gasteiger partial charge in [-0.05, 0) is 57.7 Å². The highest BCUT2D eigenvalue weighted by molar-refractivity contribution is 7.88. The van der Waals surface area contributed by atoms with Gasteiger partial charge in [-0.25, -0.2) is 28.3 Å². The second-order valence-corrected chi connectivity index (χ2v) is 10.8. The molecule has 2 aromatic rings. The van der Waals surface area contributed by atoms with Gasteiger partial charge in [-0.1, -0.05) is 12.1 Å². The van der Waals surface area contributed by atoms with Crippen LogP contribution in [-0.4, -0.2) is 64.1 Å². The van der Waals surface area contributed by atoms with Crippen molar-refractivity contribution in [3.05, 3.63) is 36.2 Å². The predicted octanol–water partition coefficient (Wildman–Crippen LogP) is 2.54. The number of anilines is 3. The maximum Gasteiger partial charge on any atom is 0.407 e. The summed E-state index contributed by atoms with van der Waals surface area (Å²) in [5.74, 6) is 0.508. The predicted molar refractivity (Wildman–Crippen MR) is 126 cm³/mol. The van der Waals surface area contributed by atoms with Crippen molar-refractivity contribution in [2.45, 2.75) is 57.4 Å². The minimum absolute atomic E-state index is 0.0533. The summed E-state index contributed by atoms with van der Waals surface area (Å²) in [5.41, 5.74) is 0.639. The lowest BCUT2D eigenvalue weighted by molar-refractivity contribution is 0.0931. The smallest absolute Gasteiger partial charge is 0.407 e. The summed E-state index contributed by atoms with van der Waals surface area (Å²) in [4.78, 5) is 28.4. The van der Waals surface area contributed by atoms with Gasteiger partial charge >= 0.3 is 6.09 Å². The quantitative estimate of drug-likeness (QED) is 0.545. The van der Waals surface area contributed by atoms with Gasteiger partial charge in [0.25, 0.3) is 0 Å². The Kier molecular flexibility index (Phi) is 7.38. The zero-order valence-corrected chi connectivity index (χ0v) is 19.9. The number of aromatic nitrogens is 3. The number of benzene rings is 1. The zero-order valence-electron chi connectivity index (χ0n) is 19.1. The normalized spacial score (nSPS) is 17.0. The molecule has 1 aliphatic rings. The summed E-state index contributed by atoms with van der Waals surface area (Å²) in [7, 11) is -3.64. The van der Waals surface area contributed by atoms with Crippen molar-refractivity contribution in [3.8, 4) is 0 Å². The first kappa shape index (κ1) is 24.6. The number of rotatable bonds is 7. The highest BCUT2D eigenvalue weighted by Crippen LogP contribution is 2.26. The van der Waals surface area contributed by atoms with Crippen molar-refractivity contribution in [2.24, 2.45) is 5.14 Å². The van der Waals surface area contributed by atoms with E-state index in [-0.39, 0.29) is 11.8 Å². The van der Waals surface area contributed by atoms with Crippen molar-refractivity contribution in [1.29, 1.82) is 0 Å². The van der Waals surface area contributed by atoms with E-state index < -0.39 is 21.7 Å². The molecule has 0 spiro atoms. The molecule has 2 heterocycles. The van der Waals surface area contributed by atoms with Crippen molar-refractivity contribution >= 4 is 33.7 Å². The van der Waals surface area contributed by atoms with Gasteiger partial charge in [-0.2, -0.15) is 4.98 Å². The molecule has 0 saturated carbocycles. The van der Waals surface area contributed by atoms with Gasteiger partial charge in [0.1, 0.15) is 6.33 Å². The summed E-state index contributed by atoms with van der Waals surface area (Å²) in [6.45, 7) is 6.70. The Labute approximate surface area is 194 Å². The van der Waals surface area contributed by atoms with E-state index in [1.807, 2.05) is 25.7 Å². The van der Waals surface area contributed by atoms with Crippen LogP contribution in [0.1, 0.15) is 45.6 Å². The second-order valence-electron chi connectivity index (χ2n) is 9.15. The summed E-state index contributed by atoms with van der Waals surface area (Å²) in [6, 6.07) is 6.79. The third kappa shape index (κ3) is 6.99. The molecule has 1 aliphatic heterocycles. The van der Waals surface area contributed by atoms with E-state index in [1.165, 1.54) is 11.2 Å². The molecule has 1 amide bonds. The third-order valence-corrected chi connectivity index (χ3v) is 6.16. The minimum atomic E-state index is -3.64. The molecule has 180 valence electrons. The fourth-order valence-electron chi connectivity index (χ4n) is 3.89. The van der Waals surface area contributed by atoms with E-state index >= 15 is 0 Å². The third-order valence-electron chi connectivity index (χ3n) is 5.43. The van der Waals surface area contributed by atoms with Crippen LogP contribution in [0.5, 0.6) is 0 Å². The number of carboxylic acid groups (broad SMARTS) is 1. The molecular weight excluding hydrogens is 446 g/mol. The summed E-state index contributed by atoms with van der Waals surface area (Å²) in [6.07, 6.45) is 3.26. The van der Waals surface area contributed by atoms with Gasteiger partial charge in [-0.15, -0.1) is 0 Å². The molecule has 0 bridgehead atoms. The molecule has 4 N–H and O–H groups in total. The van der Waals surface area contributed by atoms with Gasteiger partial charge in [0.15, 0.2) is 0 Å². The molecule has 1 fully saturated rings. The van der Waals surface area contributed by atoms with E-state index in [9.17, 15) is 18.3 Å². The number of amides is 1. The molecule has 1 aromatic heterocycles. The molecule has 1 aromatic carbocycles. The number of carbonyl (C=O) groups is 1. The Bertz CT molecular complexity index is 1090. The van der Waals surface area contributed by atoms with Crippen LogP contribution >= 0.6 is 0 Å². The average molecular weight is 478 g/mol. The number of hydrogen-bond acceptors (Lipinski definition) is 8. The molecule has 12 heteroatoms.